The molecule has 7 unspecified atom stereocenters. The van der Waals surface area contributed by atoms with Gasteiger partial charge in [0.1, 0.15) is 24.4 Å². The molecule has 0 aliphatic carbocycles. The van der Waals surface area contributed by atoms with Crippen molar-refractivity contribution < 1.29 is 39.8 Å². The lowest BCUT2D eigenvalue weighted by atomic mass is 9.99. The Morgan fingerprint density at radius 2 is 0.984 bits per heavy atom. The largest absolute Gasteiger partial charge is 0.394 e. The third kappa shape index (κ3) is 33.3. The highest BCUT2D eigenvalue weighted by Gasteiger charge is 2.44. The molecule has 0 aromatic rings. The summed E-state index contributed by atoms with van der Waals surface area (Å²) >= 11 is 0. The minimum absolute atomic E-state index is 0.205. The van der Waals surface area contributed by atoms with Gasteiger partial charge in [-0.15, -0.1) is 0 Å². The van der Waals surface area contributed by atoms with Crippen LogP contribution in [0.2, 0.25) is 0 Å². The van der Waals surface area contributed by atoms with Crippen LogP contribution in [0.15, 0.2) is 109 Å². The number of hydrogen-bond donors (Lipinski definition) is 6. The van der Waals surface area contributed by atoms with Crippen LogP contribution in [0, 0.1) is 0 Å². The molecule has 0 aromatic carbocycles. The summed E-state index contributed by atoms with van der Waals surface area (Å²) in [7, 11) is 0. The van der Waals surface area contributed by atoms with Crippen LogP contribution in [0.1, 0.15) is 174 Å². The first-order valence-electron chi connectivity index (χ1n) is 25.1. The van der Waals surface area contributed by atoms with Crippen molar-refractivity contribution in [1.29, 1.82) is 0 Å². The van der Waals surface area contributed by atoms with E-state index < -0.39 is 49.5 Å². The van der Waals surface area contributed by atoms with Crippen molar-refractivity contribution in [3.8, 4) is 0 Å². The minimum Gasteiger partial charge on any atom is -0.394 e. The summed E-state index contributed by atoms with van der Waals surface area (Å²) in [6.07, 6.45) is 57.1. The Morgan fingerprint density at radius 3 is 1.50 bits per heavy atom. The predicted molar refractivity (Wildman–Crippen MR) is 267 cm³/mol. The van der Waals surface area contributed by atoms with Crippen LogP contribution < -0.4 is 5.32 Å². The Morgan fingerprint density at radius 1 is 0.547 bits per heavy atom. The molecule has 0 radical (unpaired) electrons. The lowest BCUT2D eigenvalue weighted by Crippen LogP contribution is -2.60. The number of rotatable bonds is 40. The van der Waals surface area contributed by atoms with Crippen molar-refractivity contribution in [3.05, 3.63) is 109 Å². The van der Waals surface area contributed by atoms with Crippen LogP contribution in [0.5, 0.6) is 0 Å². The van der Waals surface area contributed by atoms with Gasteiger partial charge in [0, 0.05) is 6.42 Å². The van der Waals surface area contributed by atoms with Gasteiger partial charge in [-0.2, -0.15) is 0 Å². The van der Waals surface area contributed by atoms with Crippen molar-refractivity contribution in [3.63, 3.8) is 0 Å². The molecule has 64 heavy (non-hydrogen) atoms. The average Bonchev–Trinajstić information content (AvgIpc) is 3.29. The first-order valence-corrected chi connectivity index (χ1v) is 25.1. The maximum Gasteiger partial charge on any atom is 0.220 e. The molecule has 9 heteroatoms. The van der Waals surface area contributed by atoms with Gasteiger partial charge in [0.15, 0.2) is 6.29 Å². The molecule has 0 aromatic heterocycles. The molecule has 1 rings (SSSR count). The van der Waals surface area contributed by atoms with Crippen LogP contribution in [-0.2, 0) is 14.3 Å². The van der Waals surface area contributed by atoms with Gasteiger partial charge in [0.25, 0.3) is 0 Å². The first-order chi connectivity index (χ1) is 31.3. The molecule has 0 bridgehead atoms. The molecule has 1 amide bonds. The molecular weight excluding hydrogens is 803 g/mol. The maximum absolute atomic E-state index is 13.0. The highest BCUT2D eigenvalue weighted by molar-refractivity contribution is 5.76. The van der Waals surface area contributed by atoms with Crippen LogP contribution in [0.3, 0.4) is 0 Å². The van der Waals surface area contributed by atoms with Crippen LogP contribution in [-0.4, -0.2) is 87.5 Å². The summed E-state index contributed by atoms with van der Waals surface area (Å²) in [5.41, 5.74) is 0. The van der Waals surface area contributed by atoms with E-state index in [1.807, 2.05) is 6.08 Å². The van der Waals surface area contributed by atoms with Gasteiger partial charge in [-0.1, -0.05) is 187 Å². The molecule has 1 heterocycles. The Hall–Kier alpha value is -3.15. The second-order valence-corrected chi connectivity index (χ2v) is 16.9. The topological polar surface area (TPSA) is 149 Å². The summed E-state index contributed by atoms with van der Waals surface area (Å²) in [6.45, 7) is 3.59. The summed E-state index contributed by atoms with van der Waals surface area (Å²) in [4.78, 5) is 13.0. The van der Waals surface area contributed by atoms with E-state index in [-0.39, 0.29) is 12.5 Å². The van der Waals surface area contributed by atoms with Gasteiger partial charge in [0.05, 0.1) is 25.4 Å². The number of unbranched alkanes of at least 4 members (excludes halogenated alkanes) is 14. The number of allylic oxidation sites excluding steroid dienone is 17. The highest BCUT2D eigenvalue weighted by Crippen LogP contribution is 2.22. The van der Waals surface area contributed by atoms with E-state index in [1.165, 1.54) is 57.8 Å². The van der Waals surface area contributed by atoms with E-state index in [1.54, 1.807) is 6.08 Å². The second-order valence-electron chi connectivity index (χ2n) is 16.9. The summed E-state index contributed by atoms with van der Waals surface area (Å²) in [5, 5.41) is 54.2. The monoisotopic (exact) mass is 894 g/mol. The smallest absolute Gasteiger partial charge is 0.220 e. The normalized spacial score (nSPS) is 21.0. The number of aliphatic hydroxyl groups excluding tert-OH is 5. The molecule has 1 saturated heterocycles. The van der Waals surface area contributed by atoms with Crippen molar-refractivity contribution >= 4 is 5.91 Å². The summed E-state index contributed by atoms with van der Waals surface area (Å²) < 4.78 is 11.2. The van der Waals surface area contributed by atoms with Gasteiger partial charge in [-0.25, -0.2) is 0 Å². The van der Waals surface area contributed by atoms with E-state index in [0.717, 1.165) is 96.3 Å². The molecule has 364 valence electrons. The maximum atomic E-state index is 13.0. The van der Waals surface area contributed by atoms with Crippen molar-refractivity contribution in [2.45, 2.75) is 217 Å². The lowest BCUT2D eigenvalue weighted by molar-refractivity contribution is -0.302. The number of hydrogen-bond acceptors (Lipinski definition) is 8. The zero-order valence-corrected chi connectivity index (χ0v) is 40.0. The number of carbonyl (C=O) groups is 1. The Balaban J connectivity index is 2.27. The van der Waals surface area contributed by atoms with Crippen LogP contribution in [0.4, 0.5) is 0 Å². The first kappa shape index (κ1) is 58.9. The fourth-order valence-electron chi connectivity index (χ4n) is 7.09. The molecule has 1 aliphatic rings. The van der Waals surface area contributed by atoms with Crippen molar-refractivity contribution in [2.24, 2.45) is 0 Å². The third-order valence-electron chi connectivity index (χ3n) is 11.1. The zero-order valence-electron chi connectivity index (χ0n) is 40.0. The predicted octanol–water partition coefficient (Wildman–Crippen LogP) is 11.4. The quantitative estimate of drug-likeness (QED) is 0.0263. The Bertz CT molecular complexity index is 1360. The molecule has 7 atom stereocenters. The summed E-state index contributed by atoms with van der Waals surface area (Å²) in [5.74, 6) is -0.205. The van der Waals surface area contributed by atoms with E-state index in [4.69, 9.17) is 9.47 Å². The lowest BCUT2D eigenvalue weighted by Gasteiger charge is -2.40. The molecule has 1 aliphatic heterocycles. The van der Waals surface area contributed by atoms with Gasteiger partial charge in [0.2, 0.25) is 5.91 Å². The number of ether oxygens (including phenoxy) is 2. The molecule has 6 N–H and O–H groups in total. The number of carbonyl (C=O) groups excluding carboxylic acids is 1. The molecule has 1 fully saturated rings. The van der Waals surface area contributed by atoms with Crippen LogP contribution >= 0.6 is 0 Å². The van der Waals surface area contributed by atoms with Gasteiger partial charge in [-0.3, -0.25) is 4.79 Å². The molecular formula is C55H91NO8. The molecule has 0 spiro atoms. The standard InChI is InChI=1S/C55H91NO8/c1-3-5-7-9-11-13-15-17-18-19-20-21-22-23-24-25-26-27-28-29-30-31-32-33-35-37-39-41-43-45-51(59)56-48(47-63-55-54(62)53(61)52(60)50(46-57)64-55)49(58)44-42-40-38-36-34-16-14-12-10-8-6-4-2/h5,7,11,13,17-18,20-21,23-24,26-27,29-30,34,36,42,44,48-50,52-55,57-58,60-62H,3-4,6,8-10,12,14-16,19,22,25,28,31-33,35,37-41,43,45-47H2,1-2H3,(H,56,59)/b7-5-,13-11-,18-17-,21-20-,24-23-,27-26-,30-29-,36-34+,44-42+. The Labute approximate surface area is 389 Å². The number of nitrogens with one attached hydrogen (secondary N) is 1. The fraction of sp³-hybridized carbons (Fsp3) is 0.655. The summed E-state index contributed by atoms with van der Waals surface area (Å²) in [6, 6.07) is -0.834. The van der Waals surface area contributed by atoms with Gasteiger partial charge in [-0.05, 0) is 89.9 Å². The van der Waals surface area contributed by atoms with Gasteiger partial charge >= 0.3 is 0 Å². The SMILES string of the molecule is CC/C=C\C/C=C\C/C=C\C/C=C\C/C=C\C/C=C\C/C=C\CCCCCCCCCC(=O)NC(COC1OC(CO)C(O)C(O)C1O)C(O)/C=C/CC/C=C/CCCCCCCC. The highest BCUT2D eigenvalue weighted by atomic mass is 16.7. The number of amides is 1. The van der Waals surface area contributed by atoms with E-state index in [9.17, 15) is 30.3 Å². The van der Waals surface area contributed by atoms with Crippen molar-refractivity contribution in [2.75, 3.05) is 13.2 Å². The van der Waals surface area contributed by atoms with E-state index >= 15 is 0 Å². The van der Waals surface area contributed by atoms with Gasteiger partial charge < -0.3 is 40.3 Å². The molecule has 9 nitrogen and oxygen atoms in total. The average molecular weight is 894 g/mol. The van der Waals surface area contributed by atoms with E-state index in [2.05, 4.69) is 116 Å². The Kier molecular flexibility index (Phi) is 40.2. The van der Waals surface area contributed by atoms with Crippen molar-refractivity contribution in [1.82, 2.24) is 5.32 Å². The second kappa shape index (κ2) is 43.7. The fourth-order valence-corrected chi connectivity index (χ4v) is 7.09. The minimum atomic E-state index is -1.58. The number of aliphatic hydroxyl groups is 5. The van der Waals surface area contributed by atoms with E-state index in [0.29, 0.717) is 6.42 Å². The van der Waals surface area contributed by atoms with Crippen LogP contribution in [0.25, 0.3) is 0 Å². The molecule has 0 saturated carbocycles. The third-order valence-corrected chi connectivity index (χ3v) is 11.1. The zero-order chi connectivity index (χ0) is 46.6.